The van der Waals surface area contributed by atoms with Crippen LogP contribution in [0.4, 0.5) is 9.18 Å². The Balaban J connectivity index is 2.90. The fourth-order valence-electron chi connectivity index (χ4n) is 0.720. The zero-order valence-electron chi connectivity index (χ0n) is 6.51. The molecule has 0 spiro atoms. The van der Waals surface area contributed by atoms with Crippen LogP contribution in [0, 0.1) is 0 Å². The van der Waals surface area contributed by atoms with Crippen molar-refractivity contribution in [2.75, 3.05) is 6.61 Å². The molecule has 0 aromatic heterocycles. The number of allylic oxidation sites excluding steroid dienone is 1. The molecule has 0 unspecified atom stereocenters. The first kappa shape index (κ1) is 10.1. The lowest BCUT2D eigenvalue weighted by Gasteiger charge is -1.97. The summed E-state index contributed by atoms with van der Waals surface area (Å²) in [5.41, 5.74) is 0. The third-order valence-corrected chi connectivity index (χ3v) is 1.27. The fourth-order valence-corrected chi connectivity index (χ4v) is 0.720. The van der Waals surface area contributed by atoms with E-state index in [2.05, 4.69) is 11.3 Å². The van der Waals surface area contributed by atoms with E-state index in [-0.39, 0.29) is 6.61 Å². The van der Waals surface area contributed by atoms with Crippen molar-refractivity contribution < 1.29 is 13.9 Å². The van der Waals surface area contributed by atoms with E-state index in [4.69, 9.17) is 0 Å². The van der Waals surface area contributed by atoms with Crippen LogP contribution in [0.1, 0.15) is 25.7 Å². The Hall–Kier alpha value is -0.860. The standard InChI is InChI=1S/C8H13FO2/c1-2-3-4-5-6-7-11-8(9)10/h2H,1,3-7H2. The number of carbonyl (C=O) groups is 1. The highest BCUT2D eigenvalue weighted by Gasteiger charge is 1.95. The molecule has 0 aliphatic carbocycles. The van der Waals surface area contributed by atoms with Gasteiger partial charge in [-0.15, -0.1) is 11.0 Å². The number of halogens is 1. The van der Waals surface area contributed by atoms with Gasteiger partial charge in [-0.3, -0.25) is 0 Å². The summed E-state index contributed by atoms with van der Waals surface area (Å²) in [5, 5.41) is 0. The zero-order chi connectivity index (χ0) is 8.53. The molecule has 3 heteroatoms. The van der Waals surface area contributed by atoms with Crippen molar-refractivity contribution in [1.82, 2.24) is 0 Å². The van der Waals surface area contributed by atoms with Crippen molar-refractivity contribution in [1.29, 1.82) is 0 Å². The molecule has 11 heavy (non-hydrogen) atoms. The molecule has 0 aliphatic rings. The molecule has 0 heterocycles. The molecule has 0 aliphatic heterocycles. The third-order valence-electron chi connectivity index (χ3n) is 1.27. The van der Waals surface area contributed by atoms with Gasteiger partial charge in [0.25, 0.3) is 0 Å². The van der Waals surface area contributed by atoms with Gasteiger partial charge in [-0.25, -0.2) is 4.79 Å². The van der Waals surface area contributed by atoms with E-state index in [1.165, 1.54) is 0 Å². The van der Waals surface area contributed by atoms with E-state index in [0.29, 0.717) is 0 Å². The van der Waals surface area contributed by atoms with Crippen LogP contribution in [0.5, 0.6) is 0 Å². The first-order valence-corrected chi connectivity index (χ1v) is 3.70. The van der Waals surface area contributed by atoms with Crippen LogP contribution < -0.4 is 0 Å². The Morgan fingerprint density at radius 2 is 2.18 bits per heavy atom. The first-order valence-electron chi connectivity index (χ1n) is 3.70. The van der Waals surface area contributed by atoms with E-state index in [9.17, 15) is 9.18 Å². The predicted octanol–water partition coefficient (Wildman–Crippen LogP) is 2.84. The van der Waals surface area contributed by atoms with Crippen LogP contribution in [-0.2, 0) is 4.74 Å². The molecular weight excluding hydrogens is 147 g/mol. The molecule has 0 atom stereocenters. The predicted molar refractivity (Wildman–Crippen MR) is 41.1 cm³/mol. The van der Waals surface area contributed by atoms with Crippen LogP contribution in [0.3, 0.4) is 0 Å². The van der Waals surface area contributed by atoms with Gasteiger partial charge in [0.2, 0.25) is 0 Å². The highest BCUT2D eigenvalue weighted by atomic mass is 19.1. The normalized spacial score (nSPS) is 9.18. The summed E-state index contributed by atoms with van der Waals surface area (Å²) in [6.45, 7) is 3.75. The molecule has 0 fully saturated rings. The third kappa shape index (κ3) is 9.14. The first-order chi connectivity index (χ1) is 5.27. The molecule has 0 N–H and O–H groups in total. The van der Waals surface area contributed by atoms with Gasteiger partial charge >= 0.3 is 6.22 Å². The molecule has 0 rings (SSSR count). The smallest absolute Gasteiger partial charge is 0.440 e. The topological polar surface area (TPSA) is 26.3 Å². The van der Waals surface area contributed by atoms with Gasteiger partial charge < -0.3 is 4.74 Å². The maximum absolute atomic E-state index is 11.4. The summed E-state index contributed by atoms with van der Waals surface area (Å²) in [6, 6.07) is 0. The number of hydrogen-bond acceptors (Lipinski definition) is 2. The summed E-state index contributed by atoms with van der Waals surface area (Å²) in [4.78, 5) is 9.63. The molecular formula is C8H13FO2. The minimum Gasteiger partial charge on any atom is -0.440 e. The average Bonchev–Trinajstić information content (AvgIpc) is 1.96. The van der Waals surface area contributed by atoms with Gasteiger partial charge in [-0.05, 0) is 25.7 Å². The van der Waals surface area contributed by atoms with Crippen LogP contribution >= 0.6 is 0 Å². The molecule has 0 aromatic rings. The number of carbonyl (C=O) groups excluding carboxylic acids is 1. The summed E-state index contributed by atoms with van der Waals surface area (Å²) < 4.78 is 15.5. The lowest BCUT2D eigenvalue weighted by molar-refractivity contribution is 0.119. The van der Waals surface area contributed by atoms with Crippen LogP contribution in [-0.4, -0.2) is 12.8 Å². The van der Waals surface area contributed by atoms with Crippen molar-refractivity contribution in [2.24, 2.45) is 0 Å². The molecule has 0 bridgehead atoms. The average molecular weight is 160 g/mol. The van der Waals surface area contributed by atoms with Crippen LogP contribution in [0.2, 0.25) is 0 Å². The number of unbranched alkanes of at least 4 members (excludes halogenated alkanes) is 3. The second-order valence-electron chi connectivity index (χ2n) is 2.22. The van der Waals surface area contributed by atoms with Crippen molar-refractivity contribution in [3.8, 4) is 0 Å². The number of ether oxygens (including phenoxy) is 1. The summed E-state index contributed by atoms with van der Waals surface area (Å²) in [5.74, 6) is 0. The molecule has 0 aromatic carbocycles. The van der Waals surface area contributed by atoms with Gasteiger partial charge in [0.1, 0.15) is 0 Å². The maximum Gasteiger partial charge on any atom is 0.495 e. The van der Waals surface area contributed by atoms with Crippen molar-refractivity contribution in [2.45, 2.75) is 25.7 Å². The van der Waals surface area contributed by atoms with Gasteiger partial charge in [0.05, 0.1) is 6.61 Å². The van der Waals surface area contributed by atoms with E-state index in [1.54, 1.807) is 0 Å². The number of hydrogen-bond donors (Lipinski definition) is 0. The Morgan fingerprint density at radius 1 is 1.45 bits per heavy atom. The Bertz CT molecular complexity index is 123. The Labute approximate surface area is 66.0 Å². The van der Waals surface area contributed by atoms with Gasteiger partial charge in [-0.2, -0.15) is 0 Å². The van der Waals surface area contributed by atoms with Crippen molar-refractivity contribution >= 4 is 6.22 Å². The van der Waals surface area contributed by atoms with Crippen LogP contribution in [0.25, 0.3) is 0 Å². The van der Waals surface area contributed by atoms with Gasteiger partial charge in [-0.1, -0.05) is 6.08 Å². The largest absolute Gasteiger partial charge is 0.495 e. The maximum atomic E-state index is 11.4. The monoisotopic (exact) mass is 160 g/mol. The van der Waals surface area contributed by atoms with E-state index < -0.39 is 6.22 Å². The van der Waals surface area contributed by atoms with E-state index in [0.717, 1.165) is 25.7 Å². The summed E-state index contributed by atoms with van der Waals surface area (Å²) in [6.07, 6.45) is 3.80. The van der Waals surface area contributed by atoms with E-state index in [1.807, 2.05) is 6.08 Å². The second kappa shape index (κ2) is 7.25. The van der Waals surface area contributed by atoms with Gasteiger partial charge in [0.15, 0.2) is 0 Å². The lowest BCUT2D eigenvalue weighted by Crippen LogP contribution is -1.96. The Kier molecular flexibility index (Phi) is 6.68. The molecule has 64 valence electrons. The molecule has 0 saturated heterocycles. The Morgan fingerprint density at radius 3 is 2.73 bits per heavy atom. The lowest BCUT2D eigenvalue weighted by atomic mass is 10.2. The zero-order valence-corrected chi connectivity index (χ0v) is 6.51. The van der Waals surface area contributed by atoms with Crippen molar-refractivity contribution in [3.05, 3.63) is 12.7 Å². The summed E-state index contributed by atoms with van der Waals surface area (Å²) >= 11 is 0. The quantitative estimate of drug-likeness (QED) is 0.339. The molecule has 0 amide bonds. The minimum absolute atomic E-state index is 0.187. The molecule has 0 saturated carbocycles. The second-order valence-corrected chi connectivity index (χ2v) is 2.22. The number of rotatable bonds is 6. The highest BCUT2D eigenvalue weighted by Crippen LogP contribution is 2.00. The van der Waals surface area contributed by atoms with Gasteiger partial charge in [0, 0.05) is 0 Å². The summed E-state index contributed by atoms with van der Waals surface area (Å²) in [7, 11) is 0. The SMILES string of the molecule is C=CCCCCCOC(=O)F. The van der Waals surface area contributed by atoms with E-state index >= 15 is 0 Å². The van der Waals surface area contributed by atoms with Crippen molar-refractivity contribution in [3.63, 3.8) is 0 Å². The fraction of sp³-hybridized carbons (Fsp3) is 0.625. The van der Waals surface area contributed by atoms with Crippen LogP contribution in [0.15, 0.2) is 12.7 Å². The minimum atomic E-state index is -1.69. The molecule has 0 radical (unpaired) electrons. The highest BCUT2D eigenvalue weighted by molar-refractivity contribution is 5.57. The molecule has 2 nitrogen and oxygen atoms in total.